The molecule has 0 spiro atoms. The van der Waals surface area contributed by atoms with Crippen LogP contribution in [-0.4, -0.2) is 37.0 Å². The first kappa shape index (κ1) is 13.5. The van der Waals surface area contributed by atoms with Gasteiger partial charge in [0.15, 0.2) is 0 Å². The van der Waals surface area contributed by atoms with Gasteiger partial charge >= 0.3 is 0 Å². The molecule has 0 saturated carbocycles. The van der Waals surface area contributed by atoms with Gasteiger partial charge in [-0.3, -0.25) is 4.79 Å². The molecule has 1 N–H and O–H groups in total. The van der Waals surface area contributed by atoms with Crippen LogP contribution >= 0.6 is 15.9 Å². The van der Waals surface area contributed by atoms with Crippen LogP contribution in [0.3, 0.4) is 0 Å². The highest BCUT2D eigenvalue weighted by molar-refractivity contribution is 9.10. The van der Waals surface area contributed by atoms with Gasteiger partial charge < -0.3 is 10.2 Å². The normalized spacial score (nSPS) is 19.3. The Kier molecular flexibility index (Phi) is 4.35. The van der Waals surface area contributed by atoms with Gasteiger partial charge in [0, 0.05) is 24.7 Å². The van der Waals surface area contributed by atoms with Crippen molar-refractivity contribution in [1.82, 2.24) is 10.2 Å². The van der Waals surface area contributed by atoms with Crippen molar-refractivity contribution in [2.75, 3.05) is 20.1 Å². The van der Waals surface area contributed by atoms with Crippen LogP contribution in [0.25, 0.3) is 0 Å². The number of halogens is 2. The van der Waals surface area contributed by atoms with Gasteiger partial charge in [0.2, 0.25) is 0 Å². The Balaban J connectivity index is 2.17. The first-order valence-electron chi connectivity index (χ1n) is 6.04. The second-order valence-electron chi connectivity index (χ2n) is 4.48. The molecule has 0 radical (unpaired) electrons. The van der Waals surface area contributed by atoms with Crippen molar-refractivity contribution in [3.8, 4) is 0 Å². The lowest BCUT2D eigenvalue weighted by Gasteiger charge is -2.24. The van der Waals surface area contributed by atoms with Crippen LogP contribution in [0.5, 0.6) is 0 Å². The van der Waals surface area contributed by atoms with Gasteiger partial charge in [-0.15, -0.1) is 0 Å². The van der Waals surface area contributed by atoms with E-state index in [1.807, 2.05) is 11.9 Å². The van der Waals surface area contributed by atoms with Crippen molar-refractivity contribution in [3.63, 3.8) is 0 Å². The molecule has 0 aromatic heterocycles. The van der Waals surface area contributed by atoms with E-state index in [-0.39, 0.29) is 11.9 Å². The SMILES string of the molecule is CNC[C@@H]1CCCN1C(=O)c1ccc(Br)c(F)c1. The van der Waals surface area contributed by atoms with E-state index in [0.717, 1.165) is 25.9 Å². The Morgan fingerprint density at radius 1 is 1.61 bits per heavy atom. The lowest BCUT2D eigenvalue weighted by atomic mass is 10.1. The second-order valence-corrected chi connectivity index (χ2v) is 5.34. The smallest absolute Gasteiger partial charge is 0.254 e. The minimum atomic E-state index is -0.398. The minimum absolute atomic E-state index is 0.0841. The third-order valence-corrected chi connectivity index (χ3v) is 3.89. The Hall–Kier alpha value is -0.940. The van der Waals surface area contributed by atoms with Crippen LogP contribution in [-0.2, 0) is 0 Å². The number of rotatable bonds is 3. The highest BCUT2D eigenvalue weighted by Gasteiger charge is 2.28. The first-order valence-corrected chi connectivity index (χ1v) is 6.83. The van der Waals surface area contributed by atoms with Gasteiger partial charge in [-0.2, -0.15) is 0 Å². The van der Waals surface area contributed by atoms with Crippen molar-refractivity contribution in [1.29, 1.82) is 0 Å². The van der Waals surface area contributed by atoms with E-state index in [0.29, 0.717) is 10.0 Å². The molecule has 98 valence electrons. The maximum absolute atomic E-state index is 13.4. The van der Waals surface area contributed by atoms with Gasteiger partial charge in [0.25, 0.3) is 5.91 Å². The zero-order valence-electron chi connectivity index (χ0n) is 10.2. The number of carbonyl (C=O) groups excluding carboxylic acids is 1. The largest absolute Gasteiger partial charge is 0.334 e. The molecule has 1 heterocycles. The summed E-state index contributed by atoms with van der Waals surface area (Å²) in [6, 6.07) is 4.74. The highest BCUT2D eigenvalue weighted by atomic mass is 79.9. The number of hydrogen-bond acceptors (Lipinski definition) is 2. The Morgan fingerprint density at radius 2 is 2.39 bits per heavy atom. The maximum Gasteiger partial charge on any atom is 0.254 e. The number of likely N-dealkylation sites (N-methyl/N-ethyl adjacent to an activating group) is 1. The maximum atomic E-state index is 13.4. The molecule has 1 amide bonds. The van der Waals surface area contributed by atoms with E-state index in [4.69, 9.17) is 0 Å². The minimum Gasteiger partial charge on any atom is -0.334 e. The molecule has 1 aliphatic rings. The summed E-state index contributed by atoms with van der Waals surface area (Å²) in [5, 5.41) is 3.09. The number of benzene rings is 1. The van der Waals surface area contributed by atoms with Gasteiger partial charge in [0.1, 0.15) is 5.82 Å². The van der Waals surface area contributed by atoms with Crippen LogP contribution < -0.4 is 5.32 Å². The molecule has 1 aromatic carbocycles. The molecule has 0 bridgehead atoms. The summed E-state index contributed by atoms with van der Waals surface area (Å²) in [5.41, 5.74) is 0.415. The van der Waals surface area contributed by atoms with Crippen LogP contribution in [0, 0.1) is 5.82 Å². The molecule has 0 aliphatic carbocycles. The molecule has 18 heavy (non-hydrogen) atoms. The van der Waals surface area contributed by atoms with E-state index < -0.39 is 5.82 Å². The fraction of sp³-hybridized carbons (Fsp3) is 0.462. The predicted octanol–water partition coefficient (Wildman–Crippen LogP) is 2.41. The molecule has 3 nitrogen and oxygen atoms in total. The van der Waals surface area contributed by atoms with Crippen molar-refractivity contribution in [3.05, 3.63) is 34.1 Å². The summed E-state index contributed by atoms with van der Waals surface area (Å²) in [5.74, 6) is -0.482. The highest BCUT2D eigenvalue weighted by Crippen LogP contribution is 2.22. The standard InChI is InChI=1S/C13H16BrFN2O/c1-16-8-10-3-2-6-17(10)13(18)9-4-5-11(14)12(15)7-9/h4-5,7,10,16H,2-3,6,8H2,1H3/t10-/m0/s1. The van der Waals surface area contributed by atoms with Crippen molar-refractivity contribution < 1.29 is 9.18 Å². The molecule has 1 aromatic rings. The molecule has 1 aliphatic heterocycles. The molecule has 5 heteroatoms. The lowest BCUT2D eigenvalue weighted by Crippen LogP contribution is -2.40. The molecule has 2 rings (SSSR count). The average molecular weight is 315 g/mol. The third kappa shape index (κ3) is 2.72. The summed E-state index contributed by atoms with van der Waals surface area (Å²) in [6.45, 7) is 1.54. The van der Waals surface area contributed by atoms with Gasteiger partial charge in [-0.25, -0.2) is 4.39 Å². The third-order valence-electron chi connectivity index (χ3n) is 3.24. The zero-order chi connectivity index (χ0) is 13.1. The van der Waals surface area contributed by atoms with Crippen molar-refractivity contribution in [2.45, 2.75) is 18.9 Å². The molecule has 1 saturated heterocycles. The van der Waals surface area contributed by atoms with E-state index in [2.05, 4.69) is 21.2 Å². The number of hydrogen-bond donors (Lipinski definition) is 1. The fourth-order valence-corrected chi connectivity index (χ4v) is 2.59. The summed E-state index contributed by atoms with van der Waals surface area (Å²) in [6.07, 6.45) is 2.02. The number of nitrogens with one attached hydrogen (secondary N) is 1. The van der Waals surface area contributed by atoms with Crippen LogP contribution in [0.2, 0.25) is 0 Å². The Labute approximate surface area is 114 Å². The summed E-state index contributed by atoms with van der Waals surface area (Å²) in [4.78, 5) is 14.1. The van der Waals surface area contributed by atoms with Gasteiger partial charge in [0.05, 0.1) is 4.47 Å². The summed E-state index contributed by atoms with van der Waals surface area (Å²) in [7, 11) is 1.88. The van der Waals surface area contributed by atoms with Crippen molar-refractivity contribution >= 4 is 21.8 Å². The predicted molar refractivity (Wildman–Crippen MR) is 72.1 cm³/mol. The van der Waals surface area contributed by atoms with E-state index >= 15 is 0 Å². The Morgan fingerprint density at radius 3 is 3.06 bits per heavy atom. The fourth-order valence-electron chi connectivity index (χ4n) is 2.35. The molecule has 0 unspecified atom stereocenters. The van der Waals surface area contributed by atoms with Crippen LogP contribution in [0.4, 0.5) is 4.39 Å². The van der Waals surface area contributed by atoms with Crippen LogP contribution in [0.15, 0.2) is 22.7 Å². The average Bonchev–Trinajstić information content (AvgIpc) is 2.80. The van der Waals surface area contributed by atoms with E-state index in [1.54, 1.807) is 12.1 Å². The molecule has 1 atom stereocenters. The van der Waals surface area contributed by atoms with Gasteiger partial charge in [-0.1, -0.05) is 0 Å². The number of carbonyl (C=O) groups is 1. The topological polar surface area (TPSA) is 32.3 Å². The Bertz CT molecular complexity index is 453. The van der Waals surface area contributed by atoms with E-state index in [1.165, 1.54) is 6.07 Å². The molecule has 1 fully saturated rings. The molecular formula is C13H16BrFN2O. The number of amides is 1. The zero-order valence-corrected chi connectivity index (χ0v) is 11.8. The first-order chi connectivity index (χ1) is 8.63. The van der Waals surface area contributed by atoms with Crippen LogP contribution in [0.1, 0.15) is 23.2 Å². The summed E-state index contributed by atoms with van der Waals surface area (Å²) < 4.78 is 13.8. The monoisotopic (exact) mass is 314 g/mol. The summed E-state index contributed by atoms with van der Waals surface area (Å²) >= 11 is 3.09. The van der Waals surface area contributed by atoms with Crippen molar-refractivity contribution in [2.24, 2.45) is 0 Å². The lowest BCUT2D eigenvalue weighted by molar-refractivity contribution is 0.0736. The second kappa shape index (κ2) is 5.80. The molecular weight excluding hydrogens is 299 g/mol. The van der Waals surface area contributed by atoms with E-state index in [9.17, 15) is 9.18 Å². The van der Waals surface area contributed by atoms with Gasteiger partial charge in [-0.05, 0) is 54.0 Å². The quantitative estimate of drug-likeness (QED) is 0.929. The number of nitrogens with zero attached hydrogens (tertiary/aromatic N) is 1. The number of likely N-dealkylation sites (tertiary alicyclic amines) is 1.